The van der Waals surface area contributed by atoms with Crippen LogP contribution < -0.4 is 16.0 Å². The summed E-state index contributed by atoms with van der Waals surface area (Å²) in [5.74, 6) is -2.85. The first-order valence-corrected chi connectivity index (χ1v) is 18.5. The first-order chi connectivity index (χ1) is 23.6. The van der Waals surface area contributed by atoms with Crippen LogP contribution in [0.25, 0.3) is 0 Å². The summed E-state index contributed by atoms with van der Waals surface area (Å²) in [6.07, 6.45) is 18.8. The number of amides is 3. The molecular weight excluding hydrogens is 630 g/mol. The molecule has 0 bridgehead atoms. The van der Waals surface area contributed by atoms with Gasteiger partial charge in [0.1, 0.15) is 18.1 Å². The van der Waals surface area contributed by atoms with Crippen LogP contribution in [0.5, 0.6) is 0 Å². The molecule has 0 heterocycles. The maximum absolute atomic E-state index is 12.8. The standard InChI is InChI=1S/C37H65N3O9/c1-6-9-10-11-12-13-14-15-16-17-18-19-20-21-22-23-33(42)39-30(35(44)47-5)24-25-34(43)40-32(37(46)49-8-3)27-29(4)26-31(38-28-41)36(45)48-7-2/h28,30-32H,4,6-27H2,1-3,5H3,(H,38,41)(H,39,42)(H,40,43)/t30-,31?,32?/m1/s1. The summed E-state index contributed by atoms with van der Waals surface area (Å²) in [5.41, 5.74) is 0.393. The highest BCUT2D eigenvalue weighted by atomic mass is 16.5. The number of hydrogen-bond acceptors (Lipinski definition) is 9. The molecule has 0 aromatic rings. The van der Waals surface area contributed by atoms with Gasteiger partial charge in [0.25, 0.3) is 0 Å². The average Bonchev–Trinajstić information content (AvgIpc) is 3.07. The van der Waals surface area contributed by atoms with E-state index < -0.39 is 41.9 Å². The minimum Gasteiger partial charge on any atom is -0.467 e. The van der Waals surface area contributed by atoms with Crippen molar-refractivity contribution in [2.45, 2.75) is 167 Å². The van der Waals surface area contributed by atoms with Crippen LogP contribution in [0.1, 0.15) is 149 Å². The molecule has 0 rings (SSSR count). The van der Waals surface area contributed by atoms with E-state index in [4.69, 9.17) is 14.2 Å². The molecule has 0 fully saturated rings. The number of methoxy groups -OCH3 is 1. The molecule has 0 aromatic heterocycles. The van der Waals surface area contributed by atoms with Gasteiger partial charge in [-0.1, -0.05) is 109 Å². The summed E-state index contributed by atoms with van der Waals surface area (Å²) >= 11 is 0. The summed E-state index contributed by atoms with van der Waals surface area (Å²) in [4.78, 5) is 73.5. The molecule has 3 N–H and O–H groups in total. The first-order valence-electron chi connectivity index (χ1n) is 18.5. The highest BCUT2D eigenvalue weighted by Gasteiger charge is 2.28. The van der Waals surface area contributed by atoms with E-state index in [0.717, 1.165) is 19.3 Å². The Bertz CT molecular complexity index is 973. The summed E-state index contributed by atoms with van der Waals surface area (Å²) in [7, 11) is 1.21. The van der Waals surface area contributed by atoms with Crippen LogP contribution in [0.4, 0.5) is 0 Å². The number of ether oxygens (including phenoxy) is 3. The van der Waals surface area contributed by atoms with Crippen molar-refractivity contribution in [3.8, 4) is 0 Å². The lowest BCUT2D eigenvalue weighted by Gasteiger charge is -2.21. The van der Waals surface area contributed by atoms with Crippen LogP contribution in [0.3, 0.4) is 0 Å². The number of carbonyl (C=O) groups is 6. The first kappa shape index (κ1) is 45.6. The quantitative estimate of drug-likeness (QED) is 0.0261. The van der Waals surface area contributed by atoms with Crippen molar-refractivity contribution in [2.24, 2.45) is 0 Å². The van der Waals surface area contributed by atoms with Gasteiger partial charge < -0.3 is 30.2 Å². The van der Waals surface area contributed by atoms with E-state index >= 15 is 0 Å². The Kier molecular flexibility index (Phi) is 28.5. The van der Waals surface area contributed by atoms with Crippen LogP contribution in [0.2, 0.25) is 0 Å². The van der Waals surface area contributed by atoms with Crippen LogP contribution in [0, 0.1) is 0 Å². The molecule has 12 heteroatoms. The lowest BCUT2D eigenvalue weighted by Crippen LogP contribution is -2.45. The molecule has 0 aliphatic heterocycles. The van der Waals surface area contributed by atoms with Gasteiger partial charge in [-0.2, -0.15) is 0 Å². The average molecular weight is 696 g/mol. The van der Waals surface area contributed by atoms with Crippen LogP contribution in [0.15, 0.2) is 12.2 Å². The monoisotopic (exact) mass is 695 g/mol. The summed E-state index contributed by atoms with van der Waals surface area (Å²) in [6.45, 7) is 9.59. The van der Waals surface area contributed by atoms with Gasteiger partial charge >= 0.3 is 17.9 Å². The van der Waals surface area contributed by atoms with Gasteiger partial charge in [0.05, 0.1) is 20.3 Å². The van der Waals surface area contributed by atoms with Crippen LogP contribution in [-0.4, -0.2) is 74.6 Å². The van der Waals surface area contributed by atoms with E-state index in [0.29, 0.717) is 18.4 Å². The van der Waals surface area contributed by atoms with Gasteiger partial charge in [-0.25, -0.2) is 14.4 Å². The third-order valence-electron chi connectivity index (χ3n) is 8.22. The van der Waals surface area contributed by atoms with Crippen LogP contribution >= 0.6 is 0 Å². The Morgan fingerprint density at radius 2 is 1.02 bits per heavy atom. The molecule has 49 heavy (non-hydrogen) atoms. The van der Waals surface area contributed by atoms with E-state index in [1.165, 1.54) is 77.7 Å². The zero-order valence-corrected chi connectivity index (χ0v) is 30.7. The van der Waals surface area contributed by atoms with E-state index in [-0.39, 0.29) is 51.2 Å². The third kappa shape index (κ3) is 24.4. The minimum absolute atomic E-state index is 0.0147. The largest absolute Gasteiger partial charge is 0.467 e. The molecule has 0 radical (unpaired) electrons. The number of rotatable bonds is 32. The fourth-order valence-electron chi connectivity index (χ4n) is 5.49. The number of nitrogens with one attached hydrogen (secondary N) is 3. The topological polar surface area (TPSA) is 166 Å². The lowest BCUT2D eigenvalue weighted by molar-refractivity contribution is -0.148. The SMILES string of the molecule is C=C(CC(NC=O)C(=O)OCC)CC(NC(=O)CC[C@@H](NC(=O)CCCCCCCCCCCCCCCCC)C(=O)OC)C(=O)OCC. The minimum atomic E-state index is -1.12. The lowest BCUT2D eigenvalue weighted by atomic mass is 10.00. The van der Waals surface area contributed by atoms with Gasteiger partial charge in [-0.15, -0.1) is 0 Å². The molecule has 0 saturated heterocycles. The number of esters is 3. The fourth-order valence-corrected chi connectivity index (χ4v) is 5.49. The molecule has 12 nitrogen and oxygen atoms in total. The second-order valence-corrected chi connectivity index (χ2v) is 12.5. The van der Waals surface area contributed by atoms with Crippen molar-refractivity contribution in [2.75, 3.05) is 20.3 Å². The molecular formula is C37H65N3O9. The predicted molar refractivity (Wildman–Crippen MR) is 189 cm³/mol. The van der Waals surface area contributed by atoms with Gasteiger partial charge in [-0.05, 0) is 39.5 Å². The maximum atomic E-state index is 12.8. The van der Waals surface area contributed by atoms with Crippen molar-refractivity contribution < 1.29 is 43.0 Å². The van der Waals surface area contributed by atoms with Gasteiger partial charge in [0.2, 0.25) is 18.2 Å². The molecule has 0 aliphatic carbocycles. The summed E-state index contributed by atoms with van der Waals surface area (Å²) in [5, 5.41) is 7.64. The molecule has 0 aliphatic rings. The van der Waals surface area contributed by atoms with Crippen molar-refractivity contribution >= 4 is 36.1 Å². The van der Waals surface area contributed by atoms with E-state index in [1.54, 1.807) is 13.8 Å². The number of unbranched alkanes of at least 4 members (excludes halogenated alkanes) is 14. The summed E-state index contributed by atoms with van der Waals surface area (Å²) in [6, 6.07) is -3.13. The molecule has 0 saturated carbocycles. The summed E-state index contributed by atoms with van der Waals surface area (Å²) < 4.78 is 14.9. The van der Waals surface area contributed by atoms with Crippen LogP contribution in [-0.2, 0) is 43.0 Å². The number of carbonyl (C=O) groups excluding carboxylic acids is 6. The van der Waals surface area contributed by atoms with E-state index in [9.17, 15) is 28.8 Å². The smallest absolute Gasteiger partial charge is 0.328 e. The van der Waals surface area contributed by atoms with Gasteiger partial charge in [-0.3, -0.25) is 14.4 Å². The van der Waals surface area contributed by atoms with Crippen molar-refractivity contribution in [1.82, 2.24) is 16.0 Å². The van der Waals surface area contributed by atoms with Crippen molar-refractivity contribution in [3.63, 3.8) is 0 Å². The normalized spacial score (nSPS) is 12.6. The Labute approximate surface area is 294 Å². The Balaban J connectivity index is 4.61. The zero-order valence-electron chi connectivity index (χ0n) is 30.7. The molecule has 282 valence electrons. The predicted octanol–water partition coefficient (Wildman–Crippen LogP) is 5.75. The second kappa shape index (κ2) is 30.6. The van der Waals surface area contributed by atoms with Gasteiger partial charge in [0, 0.05) is 12.8 Å². The molecule has 2 unspecified atom stereocenters. The fraction of sp³-hybridized carbons (Fsp3) is 0.784. The third-order valence-corrected chi connectivity index (χ3v) is 8.22. The maximum Gasteiger partial charge on any atom is 0.328 e. The van der Waals surface area contributed by atoms with E-state index in [1.807, 2.05) is 0 Å². The number of hydrogen-bond donors (Lipinski definition) is 3. The molecule has 0 aromatic carbocycles. The highest BCUT2D eigenvalue weighted by Crippen LogP contribution is 2.15. The van der Waals surface area contributed by atoms with Gasteiger partial charge in [0.15, 0.2) is 0 Å². The highest BCUT2D eigenvalue weighted by molar-refractivity contribution is 5.87. The second-order valence-electron chi connectivity index (χ2n) is 12.5. The zero-order chi connectivity index (χ0) is 36.7. The molecule has 3 atom stereocenters. The molecule has 3 amide bonds. The van der Waals surface area contributed by atoms with Crippen molar-refractivity contribution in [1.29, 1.82) is 0 Å². The molecule has 0 spiro atoms. The van der Waals surface area contributed by atoms with Crippen molar-refractivity contribution in [3.05, 3.63) is 12.2 Å². The Morgan fingerprint density at radius 3 is 1.49 bits per heavy atom. The Morgan fingerprint density at radius 1 is 0.592 bits per heavy atom. The van der Waals surface area contributed by atoms with E-state index in [2.05, 4.69) is 29.5 Å². The Hall–Kier alpha value is -3.44.